The topological polar surface area (TPSA) is 64.0 Å². The van der Waals surface area contributed by atoms with Crippen molar-refractivity contribution in [2.45, 2.75) is 46.3 Å². The molecule has 4 rings (SSSR count). The fourth-order valence-electron chi connectivity index (χ4n) is 4.01. The van der Waals surface area contributed by atoms with Crippen molar-refractivity contribution in [2.24, 2.45) is 0 Å². The van der Waals surface area contributed by atoms with Gasteiger partial charge >= 0.3 is 0 Å². The Morgan fingerprint density at radius 1 is 1.06 bits per heavy atom. The molecule has 2 heterocycles. The number of benzene rings is 2. The van der Waals surface area contributed by atoms with Gasteiger partial charge in [0.15, 0.2) is 5.16 Å². The number of aromatic nitrogens is 2. The standard InChI is InChI=1S/C26H27N3O2S2/c1-15-11-16(2)23(17(3)12-15)27-21(30)14-32-26-28-24-22(18(4)19(5)33-24)25(31)29(26)13-20-9-7-6-8-10-20/h6-12H,13-14H2,1-5H3,(H,27,30). The highest BCUT2D eigenvalue weighted by molar-refractivity contribution is 7.99. The number of hydrogen-bond acceptors (Lipinski definition) is 5. The number of carbonyl (C=O) groups excluding carboxylic acids is 1. The first-order chi connectivity index (χ1) is 15.7. The monoisotopic (exact) mass is 477 g/mol. The van der Waals surface area contributed by atoms with Gasteiger partial charge in [0.2, 0.25) is 5.91 Å². The maximum absolute atomic E-state index is 13.5. The number of thiophene rings is 1. The Bertz CT molecular complexity index is 1380. The van der Waals surface area contributed by atoms with E-state index < -0.39 is 0 Å². The van der Waals surface area contributed by atoms with E-state index in [9.17, 15) is 9.59 Å². The lowest BCUT2D eigenvalue weighted by Crippen LogP contribution is -2.25. The third kappa shape index (κ3) is 4.89. The van der Waals surface area contributed by atoms with Gasteiger partial charge in [0.05, 0.1) is 17.7 Å². The normalized spacial score (nSPS) is 11.2. The van der Waals surface area contributed by atoms with Gasteiger partial charge in [-0.05, 0) is 56.9 Å². The molecule has 0 radical (unpaired) electrons. The van der Waals surface area contributed by atoms with Gasteiger partial charge in [0.25, 0.3) is 5.56 Å². The fraction of sp³-hybridized carbons (Fsp3) is 0.269. The molecule has 7 heteroatoms. The summed E-state index contributed by atoms with van der Waals surface area (Å²) in [5.74, 6) is 0.0530. The number of rotatable bonds is 6. The van der Waals surface area contributed by atoms with Crippen molar-refractivity contribution in [3.05, 3.63) is 85.5 Å². The third-order valence-corrected chi connectivity index (χ3v) is 7.79. The molecule has 0 aliphatic heterocycles. The minimum Gasteiger partial charge on any atom is -0.325 e. The molecule has 5 nitrogen and oxygen atoms in total. The summed E-state index contributed by atoms with van der Waals surface area (Å²) in [6.45, 7) is 10.4. The Kier molecular flexibility index (Phi) is 6.72. The second kappa shape index (κ2) is 9.53. The van der Waals surface area contributed by atoms with Crippen LogP contribution >= 0.6 is 23.1 Å². The van der Waals surface area contributed by atoms with Crippen molar-refractivity contribution >= 4 is 44.9 Å². The maximum atomic E-state index is 13.5. The van der Waals surface area contributed by atoms with Gasteiger partial charge < -0.3 is 5.32 Å². The van der Waals surface area contributed by atoms with Gasteiger partial charge in [-0.25, -0.2) is 4.98 Å². The molecule has 1 N–H and O–H groups in total. The Morgan fingerprint density at radius 3 is 2.39 bits per heavy atom. The van der Waals surface area contributed by atoms with Crippen LogP contribution in [0.2, 0.25) is 0 Å². The number of nitrogens with one attached hydrogen (secondary N) is 1. The number of anilines is 1. The van der Waals surface area contributed by atoms with Crippen molar-refractivity contribution in [3.63, 3.8) is 0 Å². The third-order valence-electron chi connectivity index (χ3n) is 5.71. The van der Waals surface area contributed by atoms with Crippen LogP contribution in [0.5, 0.6) is 0 Å². The summed E-state index contributed by atoms with van der Waals surface area (Å²) in [5, 5.41) is 4.27. The number of carbonyl (C=O) groups is 1. The number of nitrogens with zero attached hydrogens (tertiary/aromatic N) is 2. The maximum Gasteiger partial charge on any atom is 0.263 e. The molecule has 0 atom stereocenters. The summed E-state index contributed by atoms with van der Waals surface area (Å²) in [6.07, 6.45) is 0. The molecule has 0 unspecified atom stereocenters. The fourth-order valence-corrected chi connectivity index (χ4v) is 5.88. The Balaban J connectivity index is 1.64. The van der Waals surface area contributed by atoms with Crippen molar-refractivity contribution in [1.82, 2.24) is 9.55 Å². The molecule has 2 aromatic carbocycles. The van der Waals surface area contributed by atoms with Crippen LogP contribution in [-0.4, -0.2) is 21.2 Å². The van der Waals surface area contributed by atoms with E-state index in [4.69, 9.17) is 4.98 Å². The van der Waals surface area contributed by atoms with Crippen molar-refractivity contribution in [3.8, 4) is 0 Å². The minimum absolute atomic E-state index is 0.0566. The zero-order valence-electron chi connectivity index (χ0n) is 19.5. The summed E-state index contributed by atoms with van der Waals surface area (Å²) in [5.41, 5.74) is 6.03. The van der Waals surface area contributed by atoms with Crippen LogP contribution in [0.15, 0.2) is 52.4 Å². The van der Waals surface area contributed by atoms with Crippen LogP contribution in [0.4, 0.5) is 5.69 Å². The van der Waals surface area contributed by atoms with Gasteiger partial charge in [0.1, 0.15) is 4.83 Å². The summed E-state index contributed by atoms with van der Waals surface area (Å²) in [7, 11) is 0. The number of amides is 1. The summed E-state index contributed by atoms with van der Waals surface area (Å²) in [6, 6.07) is 14.0. The predicted octanol–water partition coefficient (Wildman–Crippen LogP) is 5.78. The van der Waals surface area contributed by atoms with Crippen LogP contribution in [-0.2, 0) is 11.3 Å². The van der Waals surface area contributed by atoms with Crippen molar-refractivity contribution < 1.29 is 4.79 Å². The molecule has 0 bridgehead atoms. The Labute approximate surface area is 201 Å². The first-order valence-electron chi connectivity index (χ1n) is 10.8. The van der Waals surface area contributed by atoms with Gasteiger partial charge in [-0.3, -0.25) is 14.2 Å². The molecule has 2 aromatic heterocycles. The second-order valence-electron chi connectivity index (χ2n) is 8.35. The largest absolute Gasteiger partial charge is 0.325 e. The first-order valence-corrected chi connectivity index (χ1v) is 12.6. The minimum atomic E-state index is -0.116. The number of thioether (sulfide) groups is 1. The Hall–Kier alpha value is -2.90. The number of fused-ring (bicyclic) bond motifs is 1. The molecule has 33 heavy (non-hydrogen) atoms. The highest BCUT2D eigenvalue weighted by atomic mass is 32.2. The summed E-state index contributed by atoms with van der Waals surface area (Å²) < 4.78 is 1.69. The van der Waals surface area contributed by atoms with Gasteiger partial charge in [-0.1, -0.05) is 59.8 Å². The molecular weight excluding hydrogens is 450 g/mol. The zero-order valence-corrected chi connectivity index (χ0v) is 21.1. The summed E-state index contributed by atoms with van der Waals surface area (Å²) in [4.78, 5) is 32.9. The highest BCUT2D eigenvalue weighted by Crippen LogP contribution is 2.29. The van der Waals surface area contributed by atoms with Crippen molar-refractivity contribution in [2.75, 3.05) is 11.1 Å². The van der Waals surface area contributed by atoms with E-state index in [1.165, 1.54) is 28.7 Å². The number of aryl methyl sites for hydroxylation is 5. The molecule has 0 spiro atoms. The van der Waals surface area contributed by atoms with Crippen LogP contribution < -0.4 is 10.9 Å². The lowest BCUT2D eigenvalue weighted by molar-refractivity contribution is -0.113. The van der Waals surface area contributed by atoms with Gasteiger partial charge in [0, 0.05) is 10.6 Å². The predicted molar refractivity (Wildman–Crippen MR) is 139 cm³/mol. The lowest BCUT2D eigenvalue weighted by atomic mass is 10.1. The molecule has 0 aliphatic carbocycles. The molecule has 0 aliphatic rings. The molecule has 0 saturated carbocycles. The van der Waals surface area contributed by atoms with E-state index in [-0.39, 0.29) is 17.2 Å². The van der Waals surface area contributed by atoms with E-state index in [0.29, 0.717) is 17.1 Å². The molecule has 170 valence electrons. The molecule has 1 amide bonds. The van der Waals surface area contributed by atoms with E-state index in [1.807, 2.05) is 65.0 Å². The first kappa shape index (κ1) is 23.3. The second-order valence-corrected chi connectivity index (χ2v) is 10.5. The zero-order chi connectivity index (χ0) is 23.7. The SMILES string of the molecule is Cc1cc(C)c(NC(=O)CSc2nc3sc(C)c(C)c3c(=O)n2Cc2ccccc2)c(C)c1. The Morgan fingerprint density at radius 2 is 1.73 bits per heavy atom. The van der Waals surface area contributed by atoms with Gasteiger partial charge in [-0.15, -0.1) is 11.3 Å². The average molecular weight is 478 g/mol. The average Bonchev–Trinajstić information content (AvgIpc) is 3.05. The molecule has 0 saturated heterocycles. The number of hydrogen-bond donors (Lipinski definition) is 1. The highest BCUT2D eigenvalue weighted by Gasteiger charge is 2.18. The van der Waals surface area contributed by atoms with Crippen LogP contribution in [0.3, 0.4) is 0 Å². The van der Waals surface area contributed by atoms with E-state index in [1.54, 1.807) is 4.57 Å². The van der Waals surface area contributed by atoms with Crippen LogP contribution in [0.25, 0.3) is 10.2 Å². The summed E-state index contributed by atoms with van der Waals surface area (Å²) >= 11 is 2.82. The van der Waals surface area contributed by atoms with Gasteiger partial charge in [-0.2, -0.15) is 0 Å². The van der Waals surface area contributed by atoms with Crippen LogP contribution in [0.1, 0.15) is 32.7 Å². The molecule has 4 aromatic rings. The van der Waals surface area contributed by atoms with E-state index in [0.717, 1.165) is 37.6 Å². The van der Waals surface area contributed by atoms with E-state index >= 15 is 0 Å². The quantitative estimate of drug-likeness (QED) is 0.282. The van der Waals surface area contributed by atoms with Crippen molar-refractivity contribution in [1.29, 1.82) is 0 Å². The molecule has 0 fully saturated rings. The lowest BCUT2D eigenvalue weighted by Gasteiger charge is -2.14. The van der Waals surface area contributed by atoms with E-state index in [2.05, 4.69) is 17.4 Å². The smallest absolute Gasteiger partial charge is 0.263 e. The molecular formula is C26H27N3O2S2. The van der Waals surface area contributed by atoms with Crippen LogP contribution in [0, 0.1) is 34.6 Å².